The van der Waals surface area contributed by atoms with Crippen LogP contribution < -0.4 is 0 Å². The predicted octanol–water partition coefficient (Wildman–Crippen LogP) is 2.47. The predicted molar refractivity (Wildman–Crippen MR) is 52.5 cm³/mol. The van der Waals surface area contributed by atoms with Gasteiger partial charge < -0.3 is 5.11 Å². The molecule has 0 saturated heterocycles. The van der Waals surface area contributed by atoms with Crippen LogP contribution in [0.2, 0.25) is 0 Å². The molecule has 11 heavy (non-hydrogen) atoms. The van der Waals surface area contributed by atoms with Crippen molar-refractivity contribution in [1.82, 2.24) is 0 Å². The number of aliphatic hydroxyl groups excluding tert-OH is 1. The SMILES string of the molecule is C=[SH]c1ccccc1C(=C)O. The van der Waals surface area contributed by atoms with Crippen LogP contribution in [-0.2, 0) is 0 Å². The second-order valence-corrected chi connectivity index (χ2v) is 2.92. The van der Waals surface area contributed by atoms with Crippen molar-refractivity contribution in [3.05, 3.63) is 36.4 Å². The molecule has 1 nitrogen and oxygen atoms in total. The highest BCUT2D eigenvalue weighted by atomic mass is 32.1. The summed E-state index contributed by atoms with van der Waals surface area (Å²) in [6.07, 6.45) is 0. The van der Waals surface area contributed by atoms with Crippen molar-refractivity contribution in [2.45, 2.75) is 4.90 Å². The largest absolute Gasteiger partial charge is 0.508 e. The second-order valence-electron chi connectivity index (χ2n) is 2.12. The first-order chi connectivity index (χ1) is 5.25. The molecule has 0 spiro atoms. The van der Waals surface area contributed by atoms with E-state index in [4.69, 9.17) is 5.11 Å². The van der Waals surface area contributed by atoms with Gasteiger partial charge >= 0.3 is 0 Å². The van der Waals surface area contributed by atoms with Gasteiger partial charge in [-0.3, -0.25) is 0 Å². The molecule has 0 unspecified atom stereocenters. The summed E-state index contributed by atoms with van der Waals surface area (Å²) < 4.78 is 0. The van der Waals surface area contributed by atoms with E-state index >= 15 is 0 Å². The fourth-order valence-corrected chi connectivity index (χ4v) is 1.42. The summed E-state index contributed by atoms with van der Waals surface area (Å²) in [5.41, 5.74) is 0.782. The third-order valence-electron chi connectivity index (χ3n) is 1.39. The summed E-state index contributed by atoms with van der Waals surface area (Å²) in [4.78, 5) is 1.00. The number of rotatable bonds is 2. The van der Waals surface area contributed by atoms with E-state index in [2.05, 4.69) is 12.4 Å². The molecule has 1 aromatic rings. The van der Waals surface area contributed by atoms with Crippen LogP contribution in [-0.4, -0.2) is 11.0 Å². The average molecular weight is 166 g/mol. The van der Waals surface area contributed by atoms with Gasteiger partial charge in [0, 0.05) is 10.5 Å². The summed E-state index contributed by atoms with van der Waals surface area (Å²) >= 11 is 0.902. The first-order valence-electron chi connectivity index (χ1n) is 3.19. The van der Waals surface area contributed by atoms with Crippen molar-refractivity contribution in [2.75, 3.05) is 0 Å². The van der Waals surface area contributed by atoms with E-state index in [9.17, 15) is 0 Å². The number of thiol groups is 1. The topological polar surface area (TPSA) is 20.2 Å². The van der Waals surface area contributed by atoms with Gasteiger partial charge in [0.15, 0.2) is 0 Å². The Morgan fingerprint density at radius 1 is 1.36 bits per heavy atom. The first kappa shape index (κ1) is 8.08. The molecular formula is C9H10OS. The van der Waals surface area contributed by atoms with Crippen molar-refractivity contribution < 1.29 is 5.11 Å². The second kappa shape index (κ2) is 3.39. The van der Waals surface area contributed by atoms with Crippen molar-refractivity contribution in [3.8, 4) is 0 Å². The quantitative estimate of drug-likeness (QED) is 0.393. The molecule has 0 radical (unpaired) electrons. The first-order valence-corrected chi connectivity index (χ1v) is 4.27. The Morgan fingerprint density at radius 3 is 2.45 bits per heavy atom. The van der Waals surface area contributed by atoms with Gasteiger partial charge in [0.25, 0.3) is 0 Å². The molecule has 1 N–H and O–H groups in total. The maximum Gasteiger partial charge on any atom is 0.116 e. The molecule has 0 aliphatic heterocycles. The van der Waals surface area contributed by atoms with Gasteiger partial charge in [0.05, 0.1) is 0 Å². The van der Waals surface area contributed by atoms with E-state index in [1.807, 2.05) is 24.3 Å². The molecule has 0 aromatic heterocycles. The van der Waals surface area contributed by atoms with Gasteiger partial charge in [-0.05, 0) is 6.07 Å². The van der Waals surface area contributed by atoms with Crippen LogP contribution in [0.25, 0.3) is 5.76 Å². The standard InChI is InChI=1S/C9H10OS/c1-7(10)8-5-3-4-6-9(8)11-2/h3-6,10-11H,1-2H2. The zero-order chi connectivity index (χ0) is 8.27. The summed E-state index contributed by atoms with van der Waals surface area (Å²) in [6.45, 7) is 3.46. The van der Waals surface area contributed by atoms with E-state index in [-0.39, 0.29) is 5.76 Å². The van der Waals surface area contributed by atoms with Crippen LogP contribution >= 0.6 is 11.4 Å². The van der Waals surface area contributed by atoms with E-state index in [0.29, 0.717) is 0 Å². The minimum Gasteiger partial charge on any atom is -0.508 e. The Labute approximate surface area is 70.0 Å². The maximum absolute atomic E-state index is 9.11. The lowest BCUT2D eigenvalue weighted by Crippen LogP contribution is -1.82. The van der Waals surface area contributed by atoms with Gasteiger partial charge in [-0.15, -0.1) is 0 Å². The molecule has 0 bridgehead atoms. The molecule has 2 heteroatoms. The normalized spacial score (nSPS) is 9.45. The molecule has 58 valence electrons. The number of benzene rings is 1. The summed E-state index contributed by atoms with van der Waals surface area (Å²) in [6, 6.07) is 7.53. The molecule has 0 atom stereocenters. The average Bonchev–Trinajstić information content (AvgIpc) is 2.04. The van der Waals surface area contributed by atoms with Gasteiger partial charge in [-0.25, -0.2) is 0 Å². The van der Waals surface area contributed by atoms with E-state index in [0.717, 1.165) is 21.8 Å². The van der Waals surface area contributed by atoms with Gasteiger partial charge in [-0.2, -0.15) is 11.4 Å². The Hall–Kier alpha value is -1.02. The lowest BCUT2D eigenvalue weighted by Gasteiger charge is -2.01. The molecule has 1 rings (SSSR count). The Morgan fingerprint density at radius 2 is 2.00 bits per heavy atom. The molecule has 0 amide bonds. The Balaban J connectivity index is 3.22. The van der Waals surface area contributed by atoms with Gasteiger partial charge in [0.2, 0.25) is 0 Å². The Kier molecular flexibility index (Phi) is 2.49. The lowest BCUT2D eigenvalue weighted by molar-refractivity contribution is 0.512. The van der Waals surface area contributed by atoms with Crippen LogP contribution in [0, 0.1) is 0 Å². The summed E-state index contributed by atoms with van der Waals surface area (Å²) in [5, 5.41) is 9.11. The summed E-state index contributed by atoms with van der Waals surface area (Å²) in [7, 11) is 0. The molecule has 0 saturated carbocycles. The number of hydrogen-bond donors (Lipinski definition) is 2. The van der Waals surface area contributed by atoms with Crippen LogP contribution in [0.5, 0.6) is 0 Å². The highest BCUT2D eigenvalue weighted by Crippen LogP contribution is 2.20. The molecule has 0 fully saturated rings. The van der Waals surface area contributed by atoms with Gasteiger partial charge in [-0.1, -0.05) is 30.6 Å². The highest BCUT2D eigenvalue weighted by Gasteiger charge is 1.98. The monoisotopic (exact) mass is 166 g/mol. The third-order valence-corrected chi connectivity index (χ3v) is 2.12. The molecule has 0 aliphatic carbocycles. The minimum atomic E-state index is 0.108. The number of aliphatic hydroxyl groups is 1. The Bertz CT molecular complexity index is 291. The van der Waals surface area contributed by atoms with Crippen LogP contribution in [0.15, 0.2) is 35.7 Å². The van der Waals surface area contributed by atoms with E-state index in [1.165, 1.54) is 0 Å². The molecule has 1 aromatic carbocycles. The smallest absolute Gasteiger partial charge is 0.116 e. The minimum absolute atomic E-state index is 0.108. The van der Waals surface area contributed by atoms with E-state index in [1.54, 1.807) is 0 Å². The van der Waals surface area contributed by atoms with E-state index < -0.39 is 0 Å². The highest BCUT2D eigenvalue weighted by molar-refractivity contribution is 7.96. The zero-order valence-electron chi connectivity index (χ0n) is 6.12. The molecular weight excluding hydrogens is 156 g/mol. The zero-order valence-corrected chi connectivity index (χ0v) is 7.01. The molecule has 0 heterocycles. The number of hydrogen-bond acceptors (Lipinski definition) is 1. The van der Waals surface area contributed by atoms with Crippen LogP contribution in [0.1, 0.15) is 5.56 Å². The van der Waals surface area contributed by atoms with Crippen molar-refractivity contribution in [2.24, 2.45) is 0 Å². The molecule has 0 aliphatic rings. The van der Waals surface area contributed by atoms with Crippen LogP contribution in [0.3, 0.4) is 0 Å². The van der Waals surface area contributed by atoms with Gasteiger partial charge in [0.1, 0.15) is 5.76 Å². The fraction of sp³-hybridized carbons (Fsp3) is 0. The van der Waals surface area contributed by atoms with Crippen molar-refractivity contribution in [1.29, 1.82) is 0 Å². The summed E-state index contributed by atoms with van der Waals surface area (Å²) in [5.74, 6) is 3.83. The van der Waals surface area contributed by atoms with Crippen LogP contribution in [0.4, 0.5) is 0 Å². The third kappa shape index (κ3) is 1.71. The fourth-order valence-electron chi connectivity index (χ4n) is 0.856. The lowest BCUT2D eigenvalue weighted by atomic mass is 10.2. The maximum atomic E-state index is 9.11. The van der Waals surface area contributed by atoms with Crippen molar-refractivity contribution in [3.63, 3.8) is 0 Å². The van der Waals surface area contributed by atoms with Crippen molar-refractivity contribution >= 4 is 23.0 Å².